The molecular formula is C17H29N5OS. The summed E-state index contributed by atoms with van der Waals surface area (Å²) in [6.45, 7) is 9.08. The molecule has 2 rings (SSSR count). The Morgan fingerprint density at radius 3 is 2.96 bits per heavy atom. The van der Waals surface area contributed by atoms with E-state index in [1.807, 2.05) is 24.9 Å². The fourth-order valence-corrected chi connectivity index (χ4v) is 3.57. The first-order valence-corrected chi connectivity index (χ1v) is 9.64. The molecule has 2 heterocycles. The Morgan fingerprint density at radius 1 is 1.46 bits per heavy atom. The number of rotatable bonds is 6. The third-order valence-corrected chi connectivity index (χ3v) is 5.04. The highest BCUT2D eigenvalue weighted by molar-refractivity contribution is 7.11. The third kappa shape index (κ3) is 5.78. The number of nitrogens with one attached hydrogen (secondary N) is 2. The van der Waals surface area contributed by atoms with E-state index in [1.54, 1.807) is 11.3 Å². The number of nitrogens with zero attached hydrogens (tertiary/aromatic N) is 3. The molecule has 1 amide bonds. The van der Waals surface area contributed by atoms with Crippen molar-refractivity contribution in [2.75, 3.05) is 19.6 Å². The number of hydrogen-bond acceptors (Lipinski definition) is 4. The largest absolute Gasteiger partial charge is 0.357 e. The van der Waals surface area contributed by atoms with Crippen molar-refractivity contribution in [3.63, 3.8) is 0 Å². The van der Waals surface area contributed by atoms with Crippen molar-refractivity contribution in [1.29, 1.82) is 0 Å². The van der Waals surface area contributed by atoms with Crippen LogP contribution in [0.3, 0.4) is 0 Å². The normalized spacial score (nSPS) is 18.5. The van der Waals surface area contributed by atoms with E-state index in [0.29, 0.717) is 25.6 Å². The van der Waals surface area contributed by atoms with Gasteiger partial charge in [-0.3, -0.25) is 4.79 Å². The molecule has 2 N–H and O–H groups in total. The first-order chi connectivity index (χ1) is 11.6. The van der Waals surface area contributed by atoms with Crippen LogP contribution in [0.2, 0.25) is 0 Å². The van der Waals surface area contributed by atoms with E-state index in [9.17, 15) is 4.79 Å². The summed E-state index contributed by atoms with van der Waals surface area (Å²) in [5, 5.41) is 7.47. The minimum Gasteiger partial charge on any atom is -0.357 e. The second kappa shape index (κ2) is 9.61. The lowest BCUT2D eigenvalue weighted by Gasteiger charge is -2.33. The summed E-state index contributed by atoms with van der Waals surface area (Å²) < 4.78 is 0. The van der Waals surface area contributed by atoms with Crippen molar-refractivity contribution in [1.82, 2.24) is 20.5 Å². The van der Waals surface area contributed by atoms with Gasteiger partial charge in [0.05, 0.1) is 6.54 Å². The lowest BCUT2D eigenvalue weighted by molar-refractivity contribution is -0.134. The zero-order valence-electron chi connectivity index (χ0n) is 15.0. The van der Waals surface area contributed by atoms with E-state index in [1.165, 1.54) is 11.3 Å². The van der Waals surface area contributed by atoms with Gasteiger partial charge in [0.25, 0.3) is 0 Å². The number of piperidine rings is 1. The second-order valence-corrected chi connectivity index (χ2v) is 7.49. The number of guanidine groups is 1. The van der Waals surface area contributed by atoms with E-state index in [0.717, 1.165) is 36.9 Å². The first-order valence-electron chi connectivity index (χ1n) is 8.83. The molecule has 134 valence electrons. The van der Waals surface area contributed by atoms with Gasteiger partial charge in [0.2, 0.25) is 5.91 Å². The maximum Gasteiger partial charge on any atom is 0.224 e. The van der Waals surface area contributed by atoms with Crippen LogP contribution in [0, 0.1) is 6.92 Å². The highest BCUT2D eigenvalue weighted by Crippen LogP contribution is 2.17. The number of amides is 1. The number of carbonyl (C=O) groups is 1. The van der Waals surface area contributed by atoms with Crippen LogP contribution in [0.5, 0.6) is 0 Å². The van der Waals surface area contributed by atoms with Gasteiger partial charge in [-0.2, -0.15) is 0 Å². The Kier molecular flexibility index (Phi) is 7.49. The van der Waals surface area contributed by atoms with Gasteiger partial charge in [-0.15, -0.1) is 11.3 Å². The topological polar surface area (TPSA) is 69.6 Å². The molecule has 1 aliphatic rings. The lowest BCUT2D eigenvalue weighted by atomic mass is 10.0. The summed E-state index contributed by atoms with van der Waals surface area (Å²) in [5.74, 6) is 0.978. The van der Waals surface area contributed by atoms with Gasteiger partial charge in [0, 0.05) is 43.2 Å². The smallest absolute Gasteiger partial charge is 0.224 e. The molecule has 6 nitrogen and oxygen atoms in total. The van der Waals surface area contributed by atoms with Crippen molar-refractivity contribution in [3.8, 4) is 0 Å². The van der Waals surface area contributed by atoms with E-state index in [2.05, 4.69) is 27.5 Å². The molecule has 1 aromatic heterocycles. The van der Waals surface area contributed by atoms with Crippen LogP contribution in [0.25, 0.3) is 0 Å². The number of aliphatic imine (C=N–C) groups is 1. The van der Waals surface area contributed by atoms with Gasteiger partial charge < -0.3 is 15.5 Å². The van der Waals surface area contributed by atoms with Crippen molar-refractivity contribution in [2.24, 2.45) is 4.99 Å². The van der Waals surface area contributed by atoms with Gasteiger partial charge >= 0.3 is 0 Å². The average molecular weight is 352 g/mol. The Labute approximate surface area is 148 Å². The van der Waals surface area contributed by atoms with Crippen LogP contribution in [0.4, 0.5) is 0 Å². The highest BCUT2D eigenvalue weighted by atomic mass is 32.1. The number of aryl methyl sites for hydroxylation is 1. The molecule has 0 aromatic carbocycles. The molecule has 0 bridgehead atoms. The molecule has 1 aromatic rings. The SMILES string of the molecule is CCNC(=NCc1ncc(C)s1)NCCC(=O)N1CCCCC1C. The van der Waals surface area contributed by atoms with Crippen molar-refractivity contribution < 1.29 is 4.79 Å². The minimum atomic E-state index is 0.237. The van der Waals surface area contributed by atoms with Gasteiger partial charge in [0.1, 0.15) is 5.01 Å². The van der Waals surface area contributed by atoms with Crippen LogP contribution in [-0.2, 0) is 11.3 Å². The molecule has 1 fully saturated rings. The molecule has 24 heavy (non-hydrogen) atoms. The summed E-state index contributed by atoms with van der Waals surface area (Å²) in [6.07, 6.45) is 5.85. The van der Waals surface area contributed by atoms with Gasteiger partial charge in [-0.1, -0.05) is 0 Å². The Balaban J connectivity index is 1.79. The minimum absolute atomic E-state index is 0.237. The van der Waals surface area contributed by atoms with Crippen molar-refractivity contribution in [2.45, 2.75) is 59.0 Å². The number of hydrogen-bond donors (Lipinski definition) is 2. The fourth-order valence-electron chi connectivity index (χ4n) is 2.86. The van der Waals surface area contributed by atoms with Gasteiger partial charge in [0.15, 0.2) is 5.96 Å². The number of likely N-dealkylation sites (tertiary alicyclic amines) is 1. The summed E-state index contributed by atoms with van der Waals surface area (Å²) in [4.78, 5) is 24.4. The van der Waals surface area contributed by atoms with E-state index in [-0.39, 0.29) is 5.91 Å². The van der Waals surface area contributed by atoms with Crippen molar-refractivity contribution >= 4 is 23.2 Å². The average Bonchev–Trinajstić information content (AvgIpc) is 2.98. The van der Waals surface area contributed by atoms with Crippen LogP contribution in [-0.4, -0.2) is 47.4 Å². The molecule has 1 atom stereocenters. The molecule has 1 unspecified atom stereocenters. The molecule has 1 saturated heterocycles. The monoisotopic (exact) mass is 351 g/mol. The summed E-state index contributed by atoms with van der Waals surface area (Å²) in [6, 6.07) is 0.376. The summed E-state index contributed by atoms with van der Waals surface area (Å²) >= 11 is 1.66. The zero-order valence-corrected chi connectivity index (χ0v) is 15.8. The predicted molar refractivity (Wildman–Crippen MR) is 99.3 cm³/mol. The van der Waals surface area contributed by atoms with E-state index in [4.69, 9.17) is 0 Å². The molecule has 0 aliphatic carbocycles. The van der Waals surface area contributed by atoms with Crippen LogP contribution >= 0.6 is 11.3 Å². The third-order valence-electron chi connectivity index (χ3n) is 4.14. The molecule has 7 heteroatoms. The summed E-state index contributed by atoms with van der Waals surface area (Å²) in [7, 11) is 0. The number of carbonyl (C=O) groups excluding carboxylic acids is 1. The Bertz CT molecular complexity index is 557. The van der Waals surface area contributed by atoms with Crippen LogP contribution in [0.15, 0.2) is 11.2 Å². The predicted octanol–water partition coefficient (Wildman–Crippen LogP) is 2.30. The summed E-state index contributed by atoms with van der Waals surface area (Å²) in [5.41, 5.74) is 0. The standard InChI is InChI=1S/C17H29N5OS/c1-4-18-17(21-12-15-20-11-14(3)24-15)19-9-8-16(23)22-10-6-5-7-13(22)2/h11,13H,4-10,12H2,1-3H3,(H2,18,19,21). The van der Waals surface area contributed by atoms with Crippen molar-refractivity contribution in [3.05, 3.63) is 16.1 Å². The molecule has 0 saturated carbocycles. The molecule has 0 radical (unpaired) electrons. The van der Waals surface area contributed by atoms with E-state index >= 15 is 0 Å². The van der Waals surface area contributed by atoms with Gasteiger partial charge in [-0.25, -0.2) is 9.98 Å². The van der Waals surface area contributed by atoms with Crippen LogP contribution < -0.4 is 10.6 Å². The lowest BCUT2D eigenvalue weighted by Crippen LogP contribution is -2.44. The maximum atomic E-state index is 12.3. The Hall–Kier alpha value is -1.63. The zero-order chi connectivity index (χ0) is 17.4. The number of thiazole rings is 1. The highest BCUT2D eigenvalue weighted by Gasteiger charge is 2.22. The van der Waals surface area contributed by atoms with E-state index < -0.39 is 0 Å². The van der Waals surface area contributed by atoms with Crippen LogP contribution in [0.1, 0.15) is 49.4 Å². The quantitative estimate of drug-likeness (QED) is 0.609. The molecule has 1 aliphatic heterocycles. The Morgan fingerprint density at radius 2 is 2.29 bits per heavy atom. The first kappa shape index (κ1) is 18.7. The molecule has 0 spiro atoms. The van der Waals surface area contributed by atoms with Gasteiger partial charge in [-0.05, 0) is 40.0 Å². The molecular weight excluding hydrogens is 322 g/mol. The second-order valence-electron chi connectivity index (χ2n) is 6.17. The fraction of sp³-hybridized carbons (Fsp3) is 0.706. The number of aromatic nitrogens is 1. The maximum absolute atomic E-state index is 12.3.